The Bertz CT molecular complexity index is 453. The molecule has 18 heavy (non-hydrogen) atoms. The van der Waals surface area contributed by atoms with Crippen molar-refractivity contribution < 1.29 is 9.31 Å². The van der Waals surface area contributed by atoms with Gasteiger partial charge in [-0.25, -0.2) is 0 Å². The van der Waals surface area contributed by atoms with Gasteiger partial charge < -0.3 is 9.31 Å². The Morgan fingerprint density at radius 1 is 1.11 bits per heavy atom. The van der Waals surface area contributed by atoms with E-state index in [9.17, 15) is 0 Å². The maximum Gasteiger partial charge on any atom is 0.487 e. The molecule has 3 nitrogen and oxygen atoms in total. The number of nitrogens with zero attached hydrogens (tertiary/aromatic N) is 1. The first-order valence-electron chi connectivity index (χ1n) is 6.28. The number of rotatable bonds is 2. The number of aryl methyl sites for hydroxylation is 1. The molecular weight excluding hydrogens is 225 g/mol. The number of pyridine rings is 1. The minimum absolute atomic E-state index is 0.290. The minimum atomic E-state index is -0.308. The van der Waals surface area contributed by atoms with Gasteiger partial charge in [-0.2, -0.15) is 0 Å². The first-order chi connectivity index (χ1) is 8.30. The van der Waals surface area contributed by atoms with E-state index >= 15 is 0 Å². The lowest BCUT2D eigenvalue weighted by Crippen LogP contribution is -2.41. The zero-order chi connectivity index (χ0) is 13.4. The van der Waals surface area contributed by atoms with Crippen molar-refractivity contribution >= 4 is 13.2 Å². The molecule has 2 heterocycles. The first kappa shape index (κ1) is 13.3. The van der Waals surface area contributed by atoms with Crippen molar-refractivity contribution in [3.63, 3.8) is 0 Å². The van der Waals surface area contributed by atoms with Gasteiger partial charge in [0.25, 0.3) is 0 Å². The van der Waals surface area contributed by atoms with E-state index in [0.29, 0.717) is 0 Å². The Balaban J connectivity index is 2.08. The SMILES string of the molecule is Cc1cccc(/C=C/B2OC(C)(C)C(C)(C)O2)n1. The summed E-state index contributed by atoms with van der Waals surface area (Å²) in [5.74, 6) is 1.91. The molecule has 0 unspecified atom stereocenters. The Morgan fingerprint density at radius 2 is 1.72 bits per heavy atom. The van der Waals surface area contributed by atoms with Crippen LogP contribution >= 0.6 is 0 Å². The molecule has 0 saturated carbocycles. The van der Waals surface area contributed by atoms with Crippen LogP contribution in [-0.4, -0.2) is 23.3 Å². The lowest BCUT2D eigenvalue weighted by molar-refractivity contribution is 0.00578. The van der Waals surface area contributed by atoms with Crippen LogP contribution in [0.5, 0.6) is 0 Å². The average Bonchev–Trinajstić information content (AvgIpc) is 2.45. The summed E-state index contributed by atoms with van der Waals surface area (Å²) >= 11 is 0. The molecule has 1 saturated heterocycles. The second kappa shape index (κ2) is 4.52. The van der Waals surface area contributed by atoms with Gasteiger partial charge in [0.2, 0.25) is 0 Å². The van der Waals surface area contributed by atoms with E-state index < -0.39 is 0 Å². The molecule has 1 aliphatic rings. The molecule has 0 radical (unpaired) electrons. The molecule has 0 aromatic carbocycles. The number of hydrogen-bond donors (Lipinski definition) is 0. The van der Waals surface area contributed by atoms with E-state index in [1.807, 2.05) is 64.9 Å². The molecule has 1 aromatic heterocycles. The summed E-state index contributed by atoms with van der Waals surface area (Å²) in [4.78, 5) is 4.41. The summed E-state index contributed by atoms with van der Waals surface area (Å²) in [5, 5.41) is 0. The lowest BCUT2D eigenvalue weighted by Gasteiger charge is -2.32. The second-order valence-electron chi connectivity index (χ2n) is 5.69. The van der Waals surface area contributed by atoms with Gasteiger partial charge in [0, 0.05) is 5.69 Å². The fourth-order valence-electron chi connectivity index (χ4n) is 1.80. The third kappa shape index (κ3) is 2.65. The van der Waals surface area contributed by atoms with E-state index in [4.69, 9.17) is 9.31 Å². The van der Waals surface area contributed by atoms with Gasteiger partial charge >= 0.3 is 7.12 Å². The topological polar surface area (TPSA) is 31.4 Å². The van der Waals surface area contributed by atoms with Crippen molar-refractivity contribution in [2.75, 3.05) is 0 Å². The Labute approximate surface area is 109 Å². The zero-order valence-corrected chi connectivity index (χ0v) is 11.7. The smallest absolute Gasteiger partial charge is 0.400 e. The van der Waals surface area contributed by atoms with Gasteiger partial charge in [0.1, 0.15) is 0 Å². The standard InChI is InChI=1S/C14H20BNO2/c1-11-7-6-8-12(16-11)9-10-15-17-13(2,3)14(4,5)18-15/h6-10H,1-5H3/b10-9+. The highest BCUT2D eigenvalue weighted by molar-refractivity contribution is 6.52. The van der Waals surface area contributed by atoms with Crippen LogP contribution in [0, 0.1) is 6.92 Å². The molecule has 96 valence electrons. The monoisotopic (exact) mass is 245 g/mol. The highest BCUT2D eigenvalue weighted by Gasteiger charge is 2.49. The third-order valence-corrected chi connectivity index (χ3v) is 3.61. The van der Waals surface area contributed by atoms with E-state index in [1.54, 1.807) is 0 Å². The lowest BCUT2D eigenvalue weighted by atomic mass is 9.89. The van der Waals surface area contributed by atoms with Crippen molar-refractivity contribution in [2.24, 2.45) is 0 Å². The molecule has 0 N–H and O–H groups in total. The Hall–Kier alpha value is -1.13. The first-order valence-corrected chi connectivity index (χ1v) is 6.28. The van der Waals surface area contributed by atoms with Gasteiger partial charge in [0.05, 0.1) is 16.9 Å². The molecule has 2 rings (SSSR count). The largest absolute Gasteiger partial charge is 0.487 e. The fourth-order valence-corrected chi connectivity index (χ4v) is 1.80. The van der Waals surface area contributed by atoms with Crippen LogP contribution in [0.2, 0.25) is 0 Å². The molecule has 4 heteroatoms. The second-order valence-corrected chi connectivity index (χ2v) is 5.69. The van der Waals surface area contributed by atoms with Crippen LogP contribution in [0.3, 0.4) is 0 Å². The minimum Gasteiger partial charge on any atom is -0.400 e. The van der Waals surface area contributed by atoms with E-state index in [1.165, 1.54) is 0 Å². The van der Waals surface area contributed by atoms with Gasteiger partial charge in [-0.05, 0) is 52.8 Å². The molecule has 0 bridgehead atoms. The van der Waals surface area contributed by atoms with Gasteiger partial charge in [-0.15, -0.1) is 0 Å². The Morgan fingerprint density at radius 3 is 2.28 bits per heavy atom. The van der Waals surface area contributed by atoms with Crippen LogP contribution in [0.4, 0.5) is 0 Å². The molecule has 1 fully saturated rings. The maximum atomic E-state index is 5.88. The number of aromatic nitrogens is 1. The molecular formula is C14H20BNO2. The predicted molar refractivity (Wildman–Crippen MR) is 74.1 cm³/mol. The summed E-state index contributed by atoms with van der Waals surface area (Å²) in [7, 11) is -0.308. The van der Waals surface area contributed by atoms with Crippen molar-refractivity contribution in [3.8, 4) is 0 Å². The van der Waals surface area contributed by atoms with E-state index in [2.05, 4.69) is 4.98 Å². The van der Waals surface area contributed by atoms with Crippen LogP contribution in [-0.2, 0) is 9.31 Å². The normalized spacial score (nSPS) is 21.7. The molecule has 1 aromatic rings. The van der Waals surface area contributed by atoms with Crippen LogP contribution in [0.1, 0.15) is 39.1 Å². The quantitative estimate of drug-likeness (QED) is 0.750. The molecule has 0 amide bonds. The van der Waals surface area contributed by atoms with E-state index in [0.717, 1.165) is 11.4 Å². The molecule has 0 atom stereocenters. The van der Waals surface area contributed by atoms with Crippen LogP contribution < -0.4 is 0 Å². The summed E-state index contributed by atoms with van der Waals surface area (Å²) in [6.07, 6.45) is 1.94. The van der Waals surface area contributed by atoms with Crippen molar-refractivity contribution in [1.29, 1.82) is 0 Å². The predicted octanol–water partition coefficient (Wildman–Crippen LogP) is 3.03. The highest BCUT2D eigenvalue weighted by atomic mass is 16.7. The van der Waals surface area contributed by atoms with Crippen molar-refractivity contribution in [2.45, 2.75) is 45.8 Å². The summed E-state index contributed by atoms with van der Waals surface area (Å²) in [6.45, 7) is 10.2. The molecule has 0 spiro atoms. The summed E-state index contributed by atoms with van der Waals surface area (Å²) in [6, 6.07) is 5.94. The van der Waals surface area contributed by atoms with E-state index in [-0.39, 0.29) is 18.3 Å². The number of hydrogen-bond acceptors (Lipinski definition) is 3. The van der Waals surface area contributed by atoms with Gasteiger partial charge in [-0.3, -0.25) is 4.98 Å². The van der Waals surface area contributed by atoms with Crippen molar-refractivity contribution in [3.05, 3.63) is 35.6 Å². The van der Waals surface area contributed by atoms with Gasteiger partial charge in [0.15, 0.2) is 0 Å². The molecule has 1 aliphatic heterocycles. The highest BCUT2D eigenvalue weighted by Crippen LogP contribution is 2.36. The van der Waals surface area contributed by atoms with Gasteiger partial charge in [-0.1, -0.05) is 12.0 Å². The fraction of sp³-hybridized carbons (Fsp3) is 0.500. The zero-order valence-electron chi connectivity index (χ0n) is 11.7. The Kier molecular flexibility index (Phi) is 3.34. The van der Waals surface area contributed by atoms with Crippen LogP contribution in [0.15, 0.2) is 24.2 Å². The van der Waals surface area contributed by atoms with Crippen LogP contribution in [0.25, 0.3) is 6.08 Å². The van der Waals surface area contributed by atoms with Crippen molar-refractivity contribution in [1.82, 2.24) is 4.98 Å². The summed E-state index contributed by atoms with van der Waals surface area (Å²) in [5.41, 5.74) is 1.35. The third-order valence-electron chi connectivity index (χ3n) is 3.61. The maximum absolute atomic E-state index is 5.88. The molecule has 0 aliphatic carbocycles. The average molecular weight is 245 g/mol. The summed E-state index contributed by atoms with van der Waals surface area (Å²) < 4.78 is 11.8.